The summed E-state index contributed by atoms with van der Waals surface area (Å²) in [6.07, 6.45) is 4.16. The van der Waals surface area contributed by atoms with Crippen LogP contribution in [0.2, 0.25) is 0 Å². The highest BCUT2D eigenvalue weighted by Crippen LogP contribution is 2.18. The molecule has 3 aromatic rings. The van der Waals surface area contributed by atoms with E-state index in [0.717, 1.165) is 44.7 Å². The molecule has 2 aromatic carbocycles. The van der Waals surface area contributed by atoms with E-state index in [0.29, 0.717) is 13.0 Å². The van der Waals surface area contributed by atoms with E-state index in [4.69, 9.17) is 4.74 Å². The minimum absolute atomic E-state index is 0.108. The van der Waals surface area contributed by atoms with Gasteiger partial charge in [-0.3, -0.25) is 4.79 Å². The predicted molar refractivity (Wildman–Crippen MR) is 113 cm³/mol. The van der Waals surface area contributed by atoms with Gasteiger partial charge < -0.3 is 19.9 Å². The number of fused-ring (bicyclic) bond motifs is 1. The molecule has 0 unspecified atom stereocenters. The van der Waals surface area contributed by atoms with Gasteiger partial charge in [0.05, 0.1) is 13.2 Å². The molecular formula is C23H27N3O2. The number of nitrogens with one attached hydrogen (secondary N) is 2. The number of ether oxygens (including phenoxy) is 1. The normalized spacial score (nSPS) is 14.4. The van der Waals surface area contributed by atoms with E-state index in [-0.39, 0.29) is 5.91 Å². The third-order valence-corrected chi connectivity index (χ3v) is 5.34. The first-order valence-electron chi connectivity index (χ1n) is 10.0. The lowest BCUT2D eigenvalue weighted by Gasteiger charge is -2.28. The Kier molecular flexibility index (Phi) is 5.92. The van der Waals surface area contributed by atoms with Crippen LogP contribution < -0.4 is 10.2 Å². The molecule has 1 saturated heterocycles. The van der Waals surface area contributed by atoms with Crippen molar-refractivity contribution in [1.82, 2.24) is 10.3 Å². The van der Waals surface area contributed by atoms with Gasteiger partial charge in [-0.05, 0) is 42.2 Å². The summed E-state index contributed by atoms with van der Waals surface area (Å²) in [6.45, 7) is 4.13. The Balaban J connectivity index is 1.21. The van der Waals surface area contributed by atoms with E-state index >= 15 is 0 Å². The number of hydrogen-bond acceptors (Lipinski definition) is 3. The highest BCUT2D eigenvalue weighted by molar-refractivity contribution is 5.83. The van der Waals surface area contributed by atoms with Gasteiger partial charge in [0.2, 0.25) is 5.91 Å². The maximum atomic E-state index is 12.2. The summed E-state index contributed by atoms with van der Waals surface area (Å²) in [5.74, 6) is 0.108. The largest absolute Gasteiger partial charge is 0.378 e. The first kappa shape index (κ1) is 18.6. The van der Waals surface area contributed by atoms with Gasteiger partial charge >= 0.3 is 0 Å². The van der Waals surface area contributed by atoms with E-state index in [1.807, 2.05) is 18.3 Å². The zero-order chi connectivity index (χ0) is 19.2. The fourth-order valence-electron chi connectivity index (χ4n) is 3.72. The van der Waals surface area contributed by atoms with Crippen LogP contribution in [0.3, 0.4) is 0 Å². The van der Waals surface area contributed by atoms with Crippen molar-refractivity contribution >= 4 is 22.5 Å². The lowest BCUT2D eigenvalue weighted by Crippen LogP contribution is -2.36. The number of rotatable bonds is 7. The Morgan fingerprint density at radius 2 is 1.82 bits per heavy atom. The molecular weight excluding hydrogens is 350 g/mol. The third kappa shape index (κ3) is 4.54. The number of aromatic amines is 1. The van der Waals surface area contributed by atoms with Gasteiger partial charge in [0, 0.05) is 48.8 Å². The standard InChI is InChI=1S/C23H27N3O2/c27-23(24-12-11-19-17-25-22-4-2-1-3-21(19)22)10-7-18-5-8-20(9-6-18)26-13-15-28-16-14-26/h1-6,8-9,17,25H,7,10-16H2,(H,24,27). The Morgan fingerprint density at radius 3 is 2.64 bits per heavy atom. The lowest BCUT2D eigenvalue weighted by molar-refractivity contribution is -0.121. The number of hydrogen-bond donors (Lipinski definition) is 2. The first-order chi connectivity index (χ1) is 13.8. The van der Waals surface area contributed by atoms with Crippen LogP contribution in [0.5, 0.6) is 0 Å². The van der Waals surface area contributed by atoms with E-state index in [2.05, 4.69) is 51.6 Å². The third-order valence-electron chi connectivity index (χ3n) is 5.34. The van der Waals surface area contributed by atoms with Crippen molar-refractivity contribution in [3.05, 3.63) is 65.9 Å². The van der Waals surface area contributed by atoms with Crippen molar-refractivity contribution in [1.29, 1.82) is 0 Å². The molecule has 1 aromatic heterocycles. The summed E-state index contributed by atoms with van der Waals surface area (Å²) in [6, 6.07) is 16.8. The Morgan fingerprint density at radius 1 is 1.04 bits per heavy atom. The highest BCUT2D eigenvalue weighted by atomic mass is 16.5. The van der Waals surface area contributed by atoms with Gasteiger partial charge in [0.15, 0.2) is 0 Å². The van der Waals surface area contributed by atoms with Gasteiger partial charge in [0.1, 0.15) is 0 Å². The number of carbonyl (C=O) groups excluding carboxylic acids is 1. The first-order valence-corrected chi connectivity index (χ1v) is 10.0. The van der Waals surface area contributed by atoms with Crippen LogP contribution in [0.15, 0.2) is 54.7 Å². The Labute approximate surface area is 165 Å². The molecule has 1 amide bonds. The molecule has 0 spiro atoms. The van der Waals surface area contributed by atoms with Crippen LogP contribution in [0, 0.1) is 0 Å². The Bertz CT molecular complexity index is 911. The van der Waals surface area contributed by atoms with E-state index in [1.54, 1.807) is 0 Å². The van der Waals surface area contributed by atoms with Gasteiger partial charge in [-0.15, -0.1) is 0 Å². The van der Waals surface area contributed by atoms with Crippen molar-refractivity contribution in [3.8, 4) is 0 Å². The smallest absolute Gasteiger partial charge is 0.220 e. The molecule has 2 heterocycles. The summed E-state index contributed by atoms with van der Waals surface area (Å²) in [5.41, 5.74) is 4.82. The second kappa shape index (κ2) is 8.93. The molecule has 28 heavy (non-hydrogen) atoms. The van der Waals surface area contributed by atoms with Crippen molar-refractivity contribution in [2.75, 3.05) is 37.7 Å². The zero-order valence-electron chi connectivity index (χ0n) is 16.1. The molecule has 0 aliphatic carbocycles. The SMILES string of the molecule is O=C(CCc1ccc(N2CCOCC2)cc1)NCCc1c[nH]c2ccccc12. The number of benzene rings is 2. The number of carbonyl (C=O) groups is 1. The molecule has 1 aliphatic rings. The fraction of sp³-hybridized carbons (Fsp3) is 0.348. The molecule has 1 aliphatic heterocycles. The minimum Gasteiger partial charge on any atom is -0.378 e. The number of aryl methyl sites for hydroxylation is 1. The predicted octanol–water partition coefficient (Wildman–Crippen LogP) is 3.30. The number of anilines is 1. The van der Waals surface area contributed by atoms with Crippen LogP contribution in [-0.2, 0) is 22.4 Å². The fourth-order valence-corrected chi connectivity index (χ4v) is 3.72. The van der Waals surface area contributed by atoms with Gasteiger partial charge in [-0.2, -0.15) is 0 Å². The summed E-state index contributed by atoms with van der Waals surface area (Å²) >= 11 is 0. The van der Waals surface area contributed by atoms with Gasteiger partial charge in [0.25, 0.3) is 0 Å². The Hall–Kier alpha value is -2.79. The van der Waals surface area contributed by atoms with E-state index < -0.39 is 0 Å². The molecule has 0 atom stereocenters. The van der Waals surface area contributed by atoms with Crippen LogP contribution in [0.25, 0.3) is 10.9 Å². The van der Waals surface area contributed by atoms with Crippen molar-refractivity contribution < 1.29 is 9.53 Å². The second-order valence-corrected chi connectivity index (χ2v) is 7.23. The van der Waals surface area contributed by atoms with Crippen molar-refractivity contribution in [2.24, 2.45) is 0 Å². The molecule has 4 rings (SSSR count). The number of H-pyrrole nitrogens is 1. The average molecular weight is 377 g/mol. The van der Waals surface area contributed by atoms with Crippen LogP contribution >= 0.6 is 0 Å². The zero-order valence-corrected chi connectivity index (χ0v) is 16.1. The minimum atomic E-state index is 0.108. The van der Waals surface area contributed by atoms with Gasteiger partial charge in [-0.25, -0.2) is 0 Å². The van der Waals surface area contributed by atoms with Crippen LogP contribution in [0.4, 0.5) is 5.69 Å². The van der Waals surface area contributed by atoms with Crippen LogP contribution in [-0.4, -0.2) is 43.7 Å². The number of para-hydroxylation sites is 1. The molecule has 1 fully saturated rings. The summed E-state index contributed by atoms with van der Waals surface area (Å²) in [7, 11) is 0. The lowest BCUT2D eigenvalue weighted by atomic mass is 10.1. The molecule has 146 valence electrons. The quantitative estimate of drug-likeness (QED) is 0.664. The summed E-state index contributed by atoms with van der Waals surface area (Å²) in [4.78, 5) is 17.8. The number of nitrogens with zero attached hydrogens (tertiary/aromatic N) is 1. The molecule has 2 N–H and O–H groups in total. The monoisotopic (exact) mass is 377 g/mol. The maximum Gasteiger partial charge on any atom is 0.220 e. The van der Waals surface area contributed by atoms with E-state index in [1.165, 1.54) is 22.2 Å². The summed E-state index contributed by atoms with van der Waals surface area (Å²) in [5, 5.41) is 4.28. The van der Waals surface area contributed by atoms with E-state index in [9.17, 15) is 4.79 Å². The summed E-state index contributed by atoms with van der Waals surface area (Å²) < 4.78 is 5.40. The number of aromatic nitrogens is 1. The van der Waals surface area contributed by atoms with Crippen molar-refractivity contribution in [3.63, 3.8) is 0 Å². The molecule has 0 radical (unpaired) electrons. The number of amides is 1. The maximum absolute atomic E-state index is 12.2. The molecule has 5 nitrogen and oxygen atoms in total. The molecule has 0 bridgehead atoms. The topological polar surface area (TPSA) is 57.4 Å². The van der Waals surface area contributed by atoms with Crippen LogP contribution in [0.1, 0.15) is 17.5 Å². The molecule has 0 saturated carbocycles. The van der Waals surface area contributed by atoms with Gasteiger partial charge in [-0.1, -0.05) is 30.3 Å². The second-order valence-electron chi connectivity index (χ2n) is 7.23. The van der Waals surface area contributed by atoms with Crippen molar-refractivity contribution in [2.45, 2.75) is 19.3 Å². The average Bonchev–Trinajstić information content (AvgIpc) is 3.16. The molecule has 5 heteroatoms. The highest BCUT2D eigenvalue weighted by Gasteiger charge is 2.11. The number of morpholine rings is 1.